The van der Waals surface area contributed by atoms with E-state index in [2.05, 4.69) is 0 Å². The van der Waals surface area contributed by atoms with Crippen molar-refractivity contribution in [2.24, 2.45) is 5.92 Å². The number of hydrogen-bond acceptors (Lipinski definition) is 3. The van der Waals surface area contributed by atoms with Crippen LogP contribution in [-0.2, 0) is 14.4 Å². The fourth-order valence-corrected chi connectivity index (χ4v) is 3.32. The Morgan fingerprint density at radius 3 is 2.73 bits per heavy atom. The first kappa shape index (κ1) is 16.8. The van der Waals surface area contributed by atoms with Crippen molar-refractivity contribution < 1.29 is 19.5 Å². The highest BCUT2D eigenvalue weighted by Crippen LogP contribution is 2.21. The second-order valence-electron chi connectivity index (χ2n) is 6.41. The maximum absolute atomic E-state index is 12.4. The van der Waals surface area contributed by atoms with E-state index in [9.17, 15) is 14.4 Å². The fourth-order valence-electron chi connectivity index (χ4n) is 3.32. The molecule has 0 radical (unpaired) electrons. The molecule has 1 unspecified atom stereocenters. The molecule has 2 aliphatic rings. The van der Waals surface area contributed by atoms with Gasteiger partial charge in [0.15, 0.2) is 0 Å². The van der Waals surface area contributed by atoms with Crippen LogP contribution < -0.4 is 0 Å². The average molecular weight is 310 g/mol. The van der Waals surface area contributed by atoms with E-state index in [1.165, 1.54) is 0 Å². The molecule has 124 valence electrons. The standard InChI is InChI=1S/C16H26N2O4/c19-14-6-2-1-3-9-18(14)12-15(20)17-10-4-5-13(11-17)7-8-16(21)22/h13H,1-12H2,(H,21,22). The van der Waals surface area contributed by atoms with Gasteiger partial charge in [0.25, 0.3) is 0 Å². The van der Waals surface area contributed by atoms with Gasteiger partial charge < -0.3 is 14.9 Å². The Hall–Kier alpha value is -1.59. The third kappa shape index (κ3) is 5.00. The van der Waals surface area contributed by atoms with Gasteiger partial charge in [-0.2, -0.15) is 0 Å². The number of nitrogens with zero attached hydrogens (tertiary/aromatic N) is 2. The molecule has 22 heavy (non-hydrogen) atoms. The van der Waals surface area contributed by atoms with E-state index < -0.39 is 5.97 Å². The number of carbonyl (C=O) groups excluding carboxylic acids is 2. The van der Waals surface area contributed by atoms with Gasteiger partial charge in [-0.1, -0.05) is 6.42 Å². The Morgan fingerprint density at radius 2 is 1.95 bits per heavy atom. The van der Waals surface area contributed by atoms with E-state index in [0.29, 0.717) is 25.9 Å². The molecule has 0 aromatic heterocycles. The number of aliphatic carboxylic acids is 1. The van der Waals surface area contributed by atoms with Crippen molar-refractivity contribution in [3.05, 3.63) is 0 Å². The van der Waals surface area contributed by atoms with Crippen molar-refractivity contribution in [2.75, 3.05) is 26.2 Å². The van der Waals surface area contributed by atoms with E-state index in [1.807, 2.05) is 4.90 Å². The Labute approximate surface area is 131 Å². The van der Waals surface area contributed by atoms with Crippen LogP contribution in [0.5, 0.6) is 0 Å². The highest BCUT2D eigenvalue weighted by Gasteiger charge is 2.26. The first-order chi connectivity index (χ1) is 10.6. The Morgan fingerprint density at radius 1 is 1.14 bits per heavy atom. The van der Waals surface area contributed by atoms with Crippen molar-refractivity contribution in [2.45, 2.75) is 51.4 Å². The lowest BCUT2D eigenvalue weighted by Crippen LogP contribution is -2.46. The Bertz CT molecular complexity index is 424. The van der Waals surface area contributed by atoms with Crippen LogP contribution in [0.4, 0.5) is 0 Å². The van der Waals surface area contributed by atoms with E-state index in [0.717, 1.165) is 38.6 Å². The molecule has 0 saturated carbocycles. The Kier molecular flexibility index (Phi) is 6.21. The number of carbonyl (C=O) groups is 3. The minimum atomic E-state index is -0.779. The fraction of sp³-hybridized carbons (Fsp3) is 0.812. The molecular weight excluding hydrogens is 284 g/mol. The lowest BCUT2D eigenvalue weighted by molar-refractivity contribution is -0.141. The zero-order valence-electron chi connectivity index (χ0n) is 13.1. The summed E-state index contributed by atoms with van der Waals surface area (Å²) in [7, 11) is 0. The lowest BCUT2D eigenvalue weighted by atomic mass is 9.93. The number of likely N-dealkylation sites (tertiary alicyclic amines) is 2. The highest BCUT2D eigenvalue weighted by atomic mass is 16.4. The molecular formula is C16H26N2O4. The maximum Gasteiger partial charge on any atom is 0.303 e. The number of rotatable bonds is 5. The van der Waals surface area contributed by atoms with Crippen molar-refractivity contribution in [3.63, 3.8) is 0 Å². The molecule has 2 fully saturated rings. The van der Waals surface area contributed by atoms with Gasteiger partial charge in [-0.15, -0.1) is 0 Å². The number of carboxylic acid groups (broad SMARTS) is 1. The zero-order valence-corrected chi connectivity index (χ0v) is 13.1. The molecule has 0 spiro atoms. The second kappa shape index (κ2) is 8.15. The van der Waals surface area contributed by atoms with Gasteiger partial charge in [-0.3, -0.25) is 14.4 Å². The normalized spacial score (nSPS) is 23.3. The predicted molar refractivity (Wildman–Crippen MR) is 81.2 cm³/mol. The summed E-state index contributed by atoms with van der Waals surface area (Å²) in [5, 5.41) is 8.77. The van der Waals surface area contributed by atoms with E-state index in [1.54, 1.807) is 4.90 Å². The van der Waals surface area contributed by atoms with Crippen LogP contribution in [0.1, 0.15) is 51.4 Å². The molecule has 0 aromatic rings. The molecule has 1 N–H and O–H groups in total. The average Bonchev–Trinajstić information content (AvgIpc) is 2.70. The summed E-state index contributed by atoms with van der Waals surface area (Å²) in [6.45, 7) is 2.23. The summed E-state index contributed by atoms with van der Waals surface area (Å²) in [5.41, 5.74) is 0. The van der Waals surface area contributed by atoms with E-state index in [-0.39, 0.29) is 30.7 Å². The van der Waals surface area contributed by atoms with Gasteiger partial charge in [-0.25, -0.2) is 0 Å². The van der Waals surface area contributed by atoms with Crippen molar-refractivity contribution in [1.29, 1.82) is 0 Å². The molecule has 2 aliphatic heterocycles. The maximum atomic E-state index is 12.4. The molecule has 6 heteroatoms. The SMILES string of the molecule is O=C(O)CCC1CCCN(C(=O)CN2CCCCCC2=O)C1. The quantitative estimate of drug-likeness (QED) is 0.834. The minimum absolute atomic E-state index is 0.00951. The van der Waals surface area contributed by atoms with E-state index in [4.69, 9.17) is 5.11 Å². The molecule has 2 rings (SSSR count). The van der Waals surface area contributed by atoms with Crippen LogP contribution in [0.15, 0.2) is 0 Å². The van der Waals surface area contributed by atoms with Gasteiger partial charge >= 0.3 is 5.97 Å². The van der Waals surface area contributed by atoms with Crippen LogP contribution >= 0.6 is 0 Å². The third-order valence-corrected chi connectivity index (χ3v) is 4.64. The first-order valence-electron chi connectivity index (χ1n) is 8.33. The predicted octanol–water partition coefficient (Wildman–Crippen LogP) is 1.49. The van der Waals surface area contributed by atoms with Gasteiger partial charge in [0.2, 0.25) is 11.8 Å². The summed E-state index contributed by atoms with van der Waals surface area (Å²) in [6.07, 6.45) is 6.19. The monoisotopic (exact) mass is 310 g/mol. The van der Waals surface area contributed by atoms with Crippen molar-refractivity contribution in [3.8, 4) is 0 Å². The van der Waals surface area contributed by atoms with Crippen LogP contribution in [-0.4, -0.2) is 58.9 Å². The van der Waals surface area contributed by atoms with Crippen molar-refractivity contribution >= 4 is 17.8 Å². The van der Waals surface area contributed by atoms with Crippen LogP contribution in [0.2, 0.25) is 0 Å². The smallest absolute Gasteiger partial charge is 0.303 e. The van der Waals surface area contributed by atoms with Gasteiger partial charge in [0, 0.05) is 32.5 Å². The summed E-state index contributed by atoms with van der Waals surface area (Å²) < 4.78 is 0. The van der Waals surface area contributed by atoms with Gasteiger partial charge in [0.05, 0.1) is 6.54 Å². The zero-order chi connectivity index (χ0) is 15.9. The molecule has 0 aromatic carbocycles. The molecule has 0 bridgehead atoms. The van der Waals surface area contributed by atoms with Crippen LogP contribution in [0, 0.1) is 5.92 Å². The number of carboxylic acids is 1. The Balaban J connectivity index is 1.83. The van der Waals surface area contributed by atoms with Crippen LogP contribution in [0.3, 0.4) is 0 Å². The van der Waals surface area contributed by atoms with Crippen molar-refractivity contribution in [1.82, 2.24) is 9.80 Å². The number of hydrogen-bond donors (Lipinski definition) is 1. The van der Waals surface area contributed by atoms with Gasteiger partial charge in [-0.05, 0) is 38.0 Å². The largest absolute Gasteiger partial charge is 0.481 e. The van der Waals surface area contributed by atoms with Crippen LogP contribution in [0.25, 0.3) is 0 Å². The highest BCUT2D eigenvalue weighted by molar-refractivity contribution is 5.85. The van der Waals surface area contributed by atoms with Gasteiger partial charge in [0.1, 0.15) is 0 Å². The molecule has 2 heterocycles. The summed E-state index contributed by atoms with van der Waals surface area (Å²) in [6, 6.07) is 0. The summed E-state index contributed by atoms with van der Waals surface area (Å²) in [5.74, 6) is -0.409. The number of amides is 2. The number of piperidine rings is 1. The summed E-state index contributed by atoms with van der Waals surface area (Å²) >= 11 is 0. The minimum Gasteiger partial charge on any atom is -0.481 e. The molecule has 2 saturated heterocycles. The molecule has 0 aliphatic carbocycles. The molecule has 2 amide bonds. The second-order valence-corrected chi connectivity index (χ2v) is 6.41. The molecule has 6 nitrogen and oxygen atoms in total. The summed E-state index contributed by atoms with van der Waals surface area (Å²) in [4.78, 5) is 38.6. The lowest BCUT2D eigenvalue weighted by Gasteiger charge is -2.34. The first-order valence-corrected chi connectivity index (χ1v) is 8.33. The van der Waals surface area contributed by atoms with E-state index >= 15 is 0 Å². The molecule has 1 atom stereocenters. The third-order valence-electron chi connectivity index (χ3n) is 4.64. The topological polar surface area (TPSA) is 77.9 Å².